The van der Waals surface area contributed by atoms with E-state index < -0.39 is 4.92 Å². The third-order valence-corrected chi connectivity index (χ3v) is 2.74. The number of hydrogen-bond acceptors (Lipinski definition) is 4. The monoisotopic (exact) mass is 324 g/mol. The van der Waals surface area contributed by atoms with E-state index in [0.29, 0.717) is 16.5 Å². The van der Waals surface area contributed by atoms with Crippen molar-refractivity contribution in [2.75, 3.05) is 0 Å². The minimum atomic E-state index is -0.623. The Morgan fingerprint density at radius 3 is 2.65 bits per heavy atom. The molecule has 0 fully saturated rings. The van der Waals surface area contributed by atoms with Crippen LogP contribution in [0, 0.1) is 10.1 Å². The molecule has 0 radical (unpaired) electrons. The molecule has 1 rings (SSSR count). The molecule has 0 aliphatic heterocycles. The first kappa shape index (κ1) is 16.1. The lowest BCUT2D eigenvalue weighted by atomic mass is 10.0. The Hall–Kier alpha value is -0.850. The highest BCUT2D eigenvalue weighted by atomic mass is 79.9. The summed E-state index contributed by atoms with van der Waals surface area (Å²) in [6.45, 7) is 1.96. The van der Waals surface area contributed by atoms with Gasteiger partial charge in [0.25, 0.3) is 0 Å². The number of nitro benzene ring substituents is 1. The summed E-state index contributed by atoms with van der Waals surface area (Å²) < 4.78 is 0.540. The SMILES string of the molecule is CCC[C@@H](N)c1cc(Br)cc([N+](=O)[O-])c1O.Cl. The van der Waals surface area contributed by atoms with Gasteiger partial charge in [-0.15, -0.1) is 12.4 Å². The average Bonchev–Trinajstić information content (AvgIpc) is 2.20. The third kappa shape index (κ3) is 3.83. The van der Waals surface area contributed by atoms with Crippen LogP contribution < -0.4 is 5.73 Å². The number of nitrogens with two attached hydrogens (primary N) is 1. The highest BCUT2D eigenvalue weighted by Gasteiger charge is 2.21. The van der Waals surface area contributed by atoms with Gasteiger partial charge in [-0.25, -0.2) is 0 Å². The van der Waals surface area contributed by atoms with Crippen molar-refractivity contribution in [1.29, 1.82) is 0 Å². The molecule has 7 heteroatoms. The van der Waals surface area contributed by atoms with E-state index in [0.717, 1.165) is 6.42 Å². The first-order chi connectivity index (χ1) is 7.47. The van der Waals surface area contributed by atoms with Gasteiger partial charge in [-0.2, -0.15) is 0 Å². The van der Waals surface area contributed by atoms with Gasteiger partial charge in [-0.1, -0.05) is 29.3 Å². The Kier molecular flexibility index (Phi) is 6.44. The molecule has 0 aliphatic rings. The van der Waals surface area contributed by atoms with E-state index in [-0.39, 0.29) is 29.9 Å². The van der Waals surface area contributed by atoms with Crippen LogP contribution in [0.1, 0.15) is 31.4 Å². The maximum absolute atomic E-state index is 10.7. The molecule has 0 amide bonds. The standard InChI is InChI=1S/C10H13BrN2O3.ClH/c1-2-3-8(12)7-4-6(11)5-9(10(7)14)13(15)16;/h4-5,8,14H,2-3,12H2,1H3;1H/t8-;/m1./s1. The molecule has 0 unspecified atom stereocenters. The van der Waals surface area contributed by atoms with Crippen LogP contribution in [0.4, 0.5) is 5.69 Å². The molecule has 3 N–H and O–H groups in total. The second kappa shape index (κ2) is 6.78. The fraction of sp³-hybridized carbons (Fsp3) is 0.400. The lowest BCUT2D eigenvalue weighted by molar-refractivity contribution is -0.386. The molecule has 1 aromatic carbocycles. The van der Waals surface area contributed by atoms with Crippen LogP contribution in [0.15, 0.2) is 16.6 Å². The average molecular weight is 326 g/mol. The van der Waals surface area contributed by atoms with Crippen LogP contribution in [0.3, 0.4) is 0 Å². The Labute approximate surface area is 114 Å². The molecule has 96 valence electrons. The van der Waals surface area contributed by atoms with E-state index in [9.17, 15) is 15.2 Å². The number of rotatable bonds is 4. The minimum Gasteiger partial charge on any atom is -0.502 e. The van der Waals surface area contributed by atoms with E-state index in [4.69, 9.17) is 5.73 Å². The van der Waals surface area contributed by atoms with Gasteiger partial charge in [-0.3, -0.25) is 10.1 Å². The van der Waals surface area contributed by atoms with Crippen molar-refractivity contribution < 1.29 is 10.0 Å². The van der Waals surface area contributed by atoms with Crippen LogP contribution in [0.5, 0.6) is 5.75 Å². The zero-order valence-corrected chi connectivity index (χ0v) is 11.6. The molecule has 0 aliphatic carbocycles. The topological polar surface area (TPSA) is 89.4 Å². The zero-order chi connectivity index (χ0) is 12.3. The van der Waals surface area contributed by atoms with E-state index in [1.165, 1.54) is 6.07 Å². The van der Waals surface area contributed by atoms with E-state index in [2.05, 4.69) is 15.9 Å². The number of phenolic OH excluding ortho intramolecular Hbond substituents is 1. The van der Waals surface area contributed by atoms with Gasteiger partial charge in [0.05, 0.1) is 4.92 Å². The van der Waals surface area contributed by atoms with Crippen molar-refractivity contribution in [3.05, 3.63) is 32.3 Å². The Balaban J connectivity index is 0.00000256. The van der Waals surface area contributed by atoms with Crippen molar-refractivity contribution in [2.45, 2.75) is 25.8 Å². The zero-order valence-electron chi connectivity index (χ0n) is 9.22. The summed E-state index contributed by atoms with van der Waals surface area (Å²) in [5, 5.41) is 20.4. The van der Waals surface area contributed by atoms with E-state index in [1.807, 2.05) is 6.92 Å². The number of nitrogens with zero attached hydrogens (tertiary/aromatic N) is 1. The molecule has 0 saturated carbocycles. The summed E-state index contributed by atoms with van der Waals surface area (Å²) in [5.41, 5.74) is 5.92. The Bertz CT molecular complexity index is 415. The van der Waals surface area contributed by atoms with Gasteiger partial charge in [-0.05, 0) is 12.5 Å². The molecule has 0 spiro atoms. The van der Waals surface area contributed by atoms with Crippen LogP contribution in [-0.2, 0) is 0 Å². The van der Waals surface area contributed by atoms with Crippen LogP contribution in [0.25, 0.3) is 0 Å². The maximum atomic E-state index is 10.7. The Morgan fingerprint density at radius 2 is 2.18 bits per heavy atom. The van der Waals surface area contributed by atoms with Crippen molar-refractivity contribution >= 4 is 34.0 Å². The molecule has 17 heavy (non-hydrogen) atoms. The number of nitro groups is 1. The number of phenols is 1. The van der Waals surface area contributed by atoms with Crippen molar-refractivity contribution in [1.82, 2.24) is 0 Å². The largest absolute Gasteiger partial charge is 0.502 e. The number of halogens is 2. The smallest absolute Gasteiger partial charge is 0.312 e. The molecular formula is C10H14BrClN2O3. The fourth-order valence-electron chi connectivity index (χ4n) is 1.49. The number of hydrogen-bond donors (Lipinski definition) is 2. The highest BCUT2D eigenvalue weighted by molar-refractivity contribution is 9.10. The molecule has 1 atom stereocenters. The van der Waals surface area contributed by atoms with E-state index in [1.54, 1.807) is 6.07 Å². The molecule has 0 aromatic heterocycles. The summed E-state index contributed by atoms with van der Waals surface area (Å²) >= 11 is 3.16. The molecule has 0 saturated heterocycles. The fourth-order valence-corrected chi connectivity index (χ4v) is 1.96. The lowest BCUT2D eigenvalue weighted by Crippen LogP contribution is -2.10. The number of benzene rings is 1. The third-order valence-electron chi connectivity index (χ3n) is 2.28. The maximum Gasteiger partial charge on any atom is 0.312 e. The van der Waals surface area contributed by atoms with Gasteiger partial charge in [0.1, 0.15) is 0 Å². The molecule has 0 bridgehead atoms. The summed E-state index contributed by atoms with van der Waals surface area (Å²) in [4.78, 5) is 10.1. The van der Waals surface area contributed by atoms with Crippen LogP contribution >= 0.6 is 28.3 Å². The predicted octanol–water partition coefficient (Wildman–Crippen LogP) is 3.28. The summed E-state index contributed by atoms with van der Waals surface area (Å²) in [7, 11) is 0. The van der Waals surface area contributed by atoms with Gasteiger partial charge >= 0.3 is 5.69 Å². The molecule has 1 aromatic rings. The number of aromatic hydroxyl groups is 1. The molecule has 0 heterocycles. The molecule has 5 nitrogen and oxygen atoms in total. The lowest BCUT2D eigenvalue weighted by Gasteiger charge is -2.13. The second-order valence-corrected chi connectivity index (χ2v) is 4.43. The summed E-state index contributed by atoms with van der Waals surface area (Å²) in [5.74, 6) is -0.339. The highest BCUT2D eigenvalue weighted by Crippen LogP contribution is 2.37. The van der Waals surface area contributed by atoms with Crippen molar-refractivity contribution in [3.63, 3.8) is 0 Å². The van der Waals surface area contributed by atoms with Gasteiger partial charge in [0.2, 0.25) is 0 Å². The summed E-state index contributed by atoms with van der Waals surface area (Å²) in [6, 6.07) is 2.49. The second-order valence-electron chi connectivity index (χ2n) is 3.52. The predicted molar refractivity (Wildman–Crippen MR) is 71.5 cm³/mol. The normalized spacial score (nSPS) is 11.7. The van der Waals surface area contributed by atoms with Gasteiger partial charge in [0.15, 0.2) is 5.75 Å². The first-order valence-corrected chi connectivity index (χ1v) is 5.69. The van der Waals surface area contributed by atoms with Crippen molar-refractivity contribution in [3.8, 4) is 5.75 Å². The quantitative estimate of drug-likeness (QED) is 0.656. The van der Waals surface area contributed by atoms with Crippen LogP contribution in [-0.4, -0.2) is 10.0 Å². The molecular weight excluding hydrogens is 311 g/mol. The van der Waals surface area contributed by atoms with Gasteiger partial charge in [0, 0.05) is 22.1 Å². The van der Waals surface area contributed by atoms with Crippen molar-refractivity contribution in [2.24, 2.45) is 5.73 Å². The summed E-state index contributed by atoms with van der Waals surface area (Å²) in [6.07, 6.45) is 1.52. The Morgan fingerprint density at radius 1 is 1.59 bits per heavy atom. The van der Waals surface area contributed by atoms with Crippen LogP contribution in [0.2, 0.25) is 0 Å². The van der Waals surface area contributed by atoms with E-state index >= 15 is 0 Å². The minimum absolute atomic E-state index is 0. The van der Waals surface area contributed by atoms with Gasteiger partial charge < -0.3 is 10.8 Å². The first-order valence-electron chi connectivity index (χ1n) is 4.89.